The highest BCUT2D eigenvalue weighted by Gasteiger charge is 2.08. The molecule has 1 aromatic carbocycles. The Hall–Kier alpha value is -2.56. The molecular formula is C13H14N4O. The van der Waals surface area contributed by atoms with E-state index in [-0.39, 0.29) is 5.84 Å². The Balaban J connectivity index is 2.37. The summed E-state index contributed by atoms with van der Waals surface area (Å²) in [5.74, 6) is 1.22. The van der Waals surface area contributed by atoms with Crippen molar-refractivity contribution in [1.82, 2.24) is 4.98 Å². The van der Waals surface area contributed by atoms with Crippen molar-refractivity contribution in [3.8, 4) is 5.75 Å². The molecule has 2 rings (SSSR count). The molecule has 0 saturated heterocycles. The van der Waals surface area contributed by atoms with Gasteiger partial charge in [-0.05, 0) is 24.3 Å². The molecule has 0 aliphatic heterocycles. The second-order valence-corrected chi connectivity index (χ2v) is 3.64. The summed E-state index contributed by atoms with van der Waals surface area (Å²) < 4.78 is 5.24. The van der Waals surface area contributed by atoms with E-state index in [1.165, 1.54) is 0 Å². The zero-order chi connectivity index (χ0) is 13.0. The van der Waals surface area contributed by atoms with Crippen LogP contribution in [0.2, 0.25) is 0 Å². The molecule has 0 saturated carbocycles. The van der Waals surface area contributed by atoms with Gasteiger partial charge in [0.05, 0.1) is 18.4 Å². The van der Waals surface area contributed by atoms with E-state index < -0.39 is 0 Å². The number of hydrogen-bond donors (Lipinski definition) is 3. The van der Waals surface area contributed by atoms with Crippen LogP contribution < -0.4 is 15.8 Å². The number of methoxy groups -OCH3 is 1. The summed E-state index contributed by atoms with van der Waals surface area (Å²) in [7, 11) is 1.60. The summed E-state index contributed by atoms with van der Waals surface area (Å²) >= 11 is 0. The molecule has 1 aromatic heterocycles. The number of aromatic nitrogens is 1. The van der Waals surface area contributed by atoms with E-state index in [0.717, 1.165) is 5.69 Å². The summed E-state index contributed by atoms with van der Waals surface area (Å²) in [5.41, 5.74) is 6.85. The second kappa shape index (κ2) is 5.18. The molecule has 0 atom stereocenters. The molecule has 0 spiro atoms. The van der Waals surface area contributed by atoms with Crippen LogP contribution in [0.25, 0.3) is 0 Å². The lowest BCUT2D eigenvalue weighted by atomic mass is 10.2. The van der Waals surface area contributed by atoms with Gasteiger partial charge < -0.3 is 15.8 Å². The number of ether oxygens (including phenoxy) is 1. The van der Waals surface area contributed by atoms with Crippen molar-refractivity contribution in [3.05, 3.63) is 48.2 Å². The average Bonchev–Trinajstić information content (AvgIpc) is 2.40. The first-order valence-corrected chi connectivity index (χ1v) is 5.42. The maximum atomic E-state index is 7.51. The van der Waals surface area contributed by atoms with Gasteiger partial charge in [0, 0.05) is 6.20 Å². The number of amidine groups is 1. The number of benzene rings is 1. The van der Waals surface area contributed by atoms with Crippen molar-refractivity contribution in [2.75, 3.05) is 12.4 Å². The molecule has 92 valence electrons. The standard InChI is InChI=1S/C13H14N4O/c1-18-11-7-3-2-6-10(11)17-13-9(12(14)15)5-4-8-16-13/h2-8H,1H3,(H3,14,15)(H,16,17). The highest BCUT2D eigenvalue weighted by atomic mass is 16.5. The molecule has 0 fully saturated rings. The number of hydrogen-bond acceptors (Lipinski definition) is 4. The van der Waals surface area contributed by atoms with Crippen LogP contribution >= 0.6 is 0 Å². The first-order valence-electron chi connectivity index (χ1n) is 5.42. The zero-order valence-corrected chi connectivity index (χ0v) is 9.97. The molecule has 18 heavy (non-hydrogen) atoms. The van der Waals surface area contributed by atoms with Crippen molar-refractivity contribution < 1.29 is 4.74 Å². The molecular weight excluding hydrogens is 228 g/mol. The van der Waals surface area contributed by atoms with Gasteiger partial charge in [0.15, 0.2) is 0 Å². The van der Waals surface area contributed by atoms with Gasteiger partial charge in [-0.1, -0.05) is 12.1 Å². The largest absolute Gasteiger partial charge is 0.495 e. The Kier molecular flexibility index (Phi) is 3.43. The van der Waals surface area contributed by atoms with Gasteiger partial charge in [0.25, 0.3) is 0 Å². The van der Waals surface area contributed by atoms with Crippen molar-refractivity contribution >= 4 is 17.3 Å². The van der Waals surface area contributed by atoms with Crippen molar-refractivity contribution in [1.29, 1.82) is 5.41 Å². The number of nitrogens with one attached hydrogen (secondary N) is 2. The van der Waals surface area contributed by atoms with Gasteiger partial charge in [-0.2, -0.15) is 0 Å². The molecule has 5 heteroatoms. The number of nitrogens with zero attached hydrogens (tertiary/aromatic N) is 1. The quantitative estimate of drug-likeness (QED) is 0.566. The van der Waals surface area contributed by atoms with Gasteiger partial charge in [0.1, 0.15) is 17.4 Å². The maximum Gasteiger partial charge on any atom is 0.142 e. The van der Waals surface area contributed by atoms with Gasteiger partial charge in [0.2, 0.25) is 0 Å². The summed E-state index contributed by atoms with van der Waals surface area (Å²) in [6.07, 6.45) is 1.64. The fourth-order valence-corrected chi connectivity index (χ4v) is 1.60. The lowest BCUT2D eigenvalue weighted by Crippen LogP contribution is -2.14. The first-order chi connectivity index (χ1) is 8.72. The molecule has 1 heterocycles. The van der Waals surface area contributed by atoms with E-state index in [4.69, 9.17) is 15.9 Å². The fourth-order valence-electron chi connectivity index (χ4n) is 1.60. The van der Waals surface area contributed by atoms with Crippen LogP contribution in [0.1, 0.15) is 5.56 Å². The van der Waals surface area contributed by atoms with Crippen LogP contribution in [0, 0.1) is 5.41 Å². The van der Waals surface area contributed by atoms with Gasteiger partial charge in [-0.25, -0.2) is 4.98 Å². The van der Waals surface area contributed by atoms with Crippen LogP contribution in [-0.2, 0) is 0 Å². The molecule has 0 bridgehead atoms. The molecule has 0 amide bonds. The molecule has 0 unspecified atom stereocenters. The topological polar surface area (TPSA) is 84.0 Å². The van der Waals surface area contributed by atoms with E-state index in [0.29, 0.717) is 17.1 Å². The van der Waals surface area contributed by atoms with E-state index in [1.807, 2.05) is 24.3 Å². The zero-order valence-electron chi connectivity index (χ0n) is 9.97. The first kappa shape index (κ1) is 11.9. The smallest absolute Gasteiger partial charge is 0.142 e. The molecule has 0 aliphatic carbocycles. The minimum absolute atomic E-state index is 0.0273. The maximum absolute atomic E-state index is 7.51. The van der Waals surface area contributed by atoms with Crippen molar-refractivity contribution in [2.45, 2.75) is 0 Å². The van der Waals surface area contributed by atoms with E-state index >= 15 is 0 Å². The summed E-state index contributed by atoms with van der Waals surface area (Å²) in [5, 5.41) is 10.6. The highest BCUT2D eigenvalue weighted by molar-refractivity contribution is 6.00. The predicted molar refractivity (Wildman–Crippen MR) is 71.5 cm³/mol. The molecule has 2 aromatic rings. The third-order valence-electron chi connectivity index (χ3n) is 2.46. The predicted octanol–water partition coefficient (Wildman–Crippen LogP) is 2.12. The van der Waals surface area contributed by atoms with E-state index in [2.05, 4.69) is 10.3 Å². The van der Waals surface area contributed by atoms with Gasteiger partial charge in [-0.15, -0.1) is 0 Å². The average molecular weight is 242 g/mol. The SMILES string of the molecule is COc1ccccc1Nc1ncccc1C(=N)N. The minimum atomic E-state index is -0.0273. The summed E-state index contributed by atoms with van der Waals surface area (Å²) in [4.78, 5) is 4.18. The van der Waals surface area contributed by atoms with Crippen LogP contribution in [0.15, 0.2) is 42.6 Å². The fraction of sp³-hybridized carbons (Fsp3) is 0.0769. The molecule has 0 aliphatic rings. The Bertz CT molecular complexity index is 568. The minimum Gasteiger partial charge on any atom is -0.495 e. The van der Waals surface area contributed by atoms with Crippen LogP contribution in [0.4, 0.5) is 11.5 Å². The van der Waals surface area contributed by atoms with E-state index in [9.17, 15) is 0 Å². The number of nitrogen functional groups attached to an aromatic ring is 1. The molecule has 4 N–H and O–H groups in total. The lowest BCUT2D eigenvalue weighted by Gasteiger charge is -2.12. The van der Waals surface area contributed by atoms with Gasteiger partial charge in [-0.3, -0.25) is 5.41 Å². The molecule has 5 nitrogen and oxygen atoms in total. The normalized spacial score (nSPS) is 9.83. The summed E-state index contributed by atoms with van der Waals surface area (Å²) in [6.45, 7) is 0. The summed E-state index contributed by atoms with van der Waals surface area (Å²) in [6, 6.07) is 11.0. The molecule has 0 radical (unpaired) electrons. The van der Waals surface area contributed by atoms with Crippen LogP contribution in [0.5, 0.6) is 5.75 Å². The van der Waals surface area contributed by atoms with E-state index in [1.54, 1.807) is 25.4 Å². The number of anilines is 2. The number of rotatable bonds is 4. The number of nitrogens with two attached hydrogens (primary N) is 1. The number of para-hydroxylation sites is 2. The van der Waals surface area contributed by atoms with Gasteiger partial charge >= 0.3 is 0 Å². The van der Waals surface area contributed by atoms with Crippen molar-refractivity contribution in [3.63, 3.8) is 0 Å². The third kappa shape index (κ3) is 2.40. The Morgan fingerprint density at radius 3 is 2.78 bits per heavy atom. The van der Waals surface area contributed by atoms with Crippen LogP contribution in [0.3, 0.4) is 0 Å². The second-order valence-electron chi connectivity index (χ2n) is 3.64. The Morgan fingerprint density at radius 1 is 1.28 bits per heavy atom. The number of pyridine rings is 1. The highest BCUT2D eigenvalue weighted by Crippen LogP contribution is 2.27. The third-order valence-corrected chi connectivity index (χ3v) is 2.46. The monoisotopic (exact) mass is 242 g/mol. The Labute approximate surface area is 105 Å². The Morgan fingerprint density at radius 2 is 2.06 bits per heavy atom. The lowest BCUT2D eigenvalue weighted by molar-refractivity contribution is 0.417. The van der Waals surface area contributed by atoms with Crippen LogP contribution in [-0.4, -0.2) is 17.9 Å². The van der Waals surface area contributed by atoms with Crippen molar-refractivity contribution in [2.24, 2.45) is 5.73 Å².